The van der Waals surface area contributed by atoms with Crippen molar-refractivity contribution in [3.8, 4) is 5.75 Å². The number of hydrogen-bond acceptors (Lipinski definition) is 3. The van der Waals surface area contributed by atoms with Crippen molar-refractivity contribution in [1.82, 2.24) is 4.98 Å². The number of methoxy groups -OCH3 is 1. The van der Waals surface area contributed by atoms with Crippen LogP contribution in [-0.2, 0) is 6.42 Å². The Kier molecular flexibility index (Phi) is 3.01. The number of carboxylic acids is 1. The number of ether oxygens (including phenoxy) is 1. The molecule has 0 atom stereocenters. The molecule has 90 valence electrons. The number of aromatic carboxylic acids is 1. The molecule has 5 heteroatoms. The molecule has 0 aliphatic rings. The second kappa shape index (κ2) is 4.47. The minimum absolute atomic E-state index is 0.207. The molecule has 2 rings (SSSR count). The lowest BCUT2D eigenvalue weighted by Gasteiger charge is -2.01. The Labute approximate surface area is 98.2 Å². The minimum Gasteiger partial charge on any atom is -0.497 e. The molecule has 0 unspecified atom stereocenters. The molecule has 0 amide bonds. The number of fused-ring (bicyclic) bond motifs is 1. The highest BCUT2D eigenvalue weighted by Crippen LogP contribution is 2.26. The number of benzene rings is 1. The van der Waals surface area contributed by atoms with Gasteiger partial charge in [0.15, 0.2) is 0 Å². The Morgan fingerprint density at radius 2 is 2.29 bits per heavy atom. The molecule has 0 aliphatic heterocycles. The Morgan fingerprint density at radius 3 is 2.88 bits per heavy atom. The van der Waals surface area contributed by atoms with Crippen LogP contribution in [0.2, 0.25) is 0 Å². The van der Waals surface area contributed by atoms with Gasteiger partial charge >= 0.3 is 5.97 Å². The zero-order chi connectivity index (χ0) is 12.4. The molecule has 1 heterocycles. The molecule has 0 spiro atoms. The first kappa shape index (κ1) is 11.5. The largest absolute Gasteiger partial charge is 0.497 e. The highest BCUT2D eigenvalue weighted by molar-refractivity contribution is 5.97. The molecule has 2 aromatic rings. The average molecular weight is 234 g/mol. The molecular weight excluding hydrogens is 220 g/mol. The van der Waals surface area contributed by atoms with Gasteiger partial charge in [-0.2, -0.15) is 0 Å². The normalized spacial score (nSPS) is 10.7. The highest BCUT2D eigenvalue weighted by Gasteiger charge is 2.16. The number of nitrogens with two attached hydrogens (primary N) is 1. The smallest absolute Gasteiger partial charge is 0.352 e. The summed E-state index contributed by atoms with van der Waals surface area (Å²) in [7, 11) is 1.58. The van der Waals surface area contributed by atoms with Gasteiger partial charge in [0.25, 0.3) is 0 Å². The molecule has 1 aromatic carbocycles. The van der Waals surface area contributed by atoms with Crippen LogP contribution in [0.25, 0.3) is 10.9 Å². The van der Waals surface area contributed by atoms with Crippen molar-refractivity contribution >= 4 is 16.9 Å². The molecule has 0 aliphatic carbocycles. The summed E-state index contributed by atoms with van der Waals surface area (Å²) < 4.78 is 5.13. The van der Waals surface area contributed by atoms with Crippen LogP contribution in [0.15, 0.2) is 18.2 Å². The summed E-state index contributed by atoms with van der Waals surface area (Å²) >= 11 is 0. The van der Waals surface area contributed by atoms with Gasteiger partial charge in [0, 0.05) is 10.9 Å². The number of hydrogen-bond donors (Lipinski definition) is 3. The zero-order valence-electron chi connectivity index (χ0n) is 9.49. The molecule has 0 fully saturated rings. The number of nitrogens with one attached hydrogen (secondary N) is 1. The van der Waals surface area contributed by atoms with Gasteiger partial charge < -0.3 is 20.6 Å². The van der Waals surface area contributed by atoms with E-state index in [4.69, 9.17) is 15.6 Å². The third-order valence-electron chi connectivity index (χ3n) is 2.72. The van der Waals surface area contributed by atoms with E-state index in [1.165, 1.54) is 0 Å². The summed E-state index contributed by atoms with van der Waals surface area (Å²) in [6.07, 6.45) is 0.523. The van der Waals surface area contributed by atoms with E-state index in [9.17, 15) is 4.79 Å². The average Bonchev–Trinajstić information content (AvgIpc) is 2.68. The Hall–Kier alpha value is -2.01. The van der Waals surface area contributed by atoms with E-state index in [-0.39, 0.29) is 5.69 Å². The van der Waals surface area contributed by atoms with Crippen LogP contribution in [0.5, 0.6) is 5.75 Å². The third-order valence-corrected chi connectivity index (χ3v) is 2.72. The quantitative estimate of drug-likeness (QED) is 0.745. The van der Waals surface area contributed by atoms with Gasteiger partial charge in [-0.3, -0.25) is 0 Å². The number of aromatic amines is 1. The van der Waals surface area contributed by atoms with Crippen LogP contribution >= 0.6 is 0 Å². The predicted molar refractivity (Wildman–Crippen MR) is 64.6 cm³/mol. The van der Waals surface area contributed by atoms with Gasteiger partial charge in [0.1, 0.15) is 11.4 Å². The van der Waals surface area contributed by atoms with Crippen molar-refractivity contribution < 1.29 is 14.6 Å². The van der Waals surface area contributed by atoms with Crippen molar-refractivity contribution in [2.45, 2.75) is 6.42 Å². The van der Waals surface area contributed by atoms with Gasteiger partial charge in [-0.25, -0.2) is 4.79 Å². The SMILES string of the molecule is COc1ccc2[nH]c(C(=O)O)c(CCN)c2c1. The lowest BCUT2D eigenvalue weighted by molar-refractivity contribution is 0.0690. The summed E-state index contributed by atoms with van der Waals surface area (Å²) in [5.41, 5.74) is 7.23. The van der Waals surface area contributed by atoms with E-state index < -0.39 is 5.97 Å². The molecule has 0 saturated carbocycles. The van der Waals surface area contributed by atoms with Gasteiger partial charge in [0.05, 0.1) is 7.11 Å². The summed E-state index contributed by atoms with van der Waals surface area (Å²) in [6.45, 7) is 0.407. The van der Waals surface area contributed by atoms with Gasteiger partial charge in [-0.1, -0.05) is 0 Å². The van der Waals surface area contributed by atoms with Crippen LogP contribution in [0.1, 0.15) is 16.1 Å². The van der Waals surface area contributed by atoms with E-state index in [1.807, 2.05) is 6.07 Å². The van der Waals surface area contributed by atoms with Crippen molar-refractivity contribution in [2.75, 3.05) is 13.7 Å². The Balaban J connectivity index is 2.67. The zero-order valence-corrected chi connectivity index (χ0v) is 9.49. The molecule has 17 heavy (non-hydrogen) atoms. The standard InChI is InChI=1S/C12H14N2O3/c1-17-7-2-3-10-9(6-7)8(4-5-13)11(14-10)12(15)16/h2-3,6,14H,4-5,13H2,1H3,(H,15,16). The highest BCUT2D eigenvalue weighted by atomic mass is 16.5. The summed E-state index contributed by atoms with van der Waals surface area (Å²) in [4.78, 5) is 14.0. The summed E-state index contributed by atoms with van der Waals surface area (Å²) in [6, 6.07) is 5.42. The second-order valence-electron chi connectivity index (χ2n) is 3.73. The maximum Gasteiger partial charge on any atom is 0.352 e. The van der Waals surface area contributed by atoms with E-state index in [2.05, 4.69) is 4.98 Å². The second-order valence-corrected chi connectivity index (χ2v) is 3.73. The van der Waals surface area contributed by atoms with E-state index >= 15 is 0 Å². The van der Waals surface area contributed by atoms with Crippen molar-refractivity contribution in [2.24, 2.45) is 5.73 Å². The molecule has 0 bridgehead atoms. The lowest BCUT2D eigenvalue weighted by atomic mass is 10.1. The molecular formula is C12H14N2O3. The molecule has 0 radical (unpaired) electrons. The van der Waals surface area contributed by atoms with Crippen molar-refractivity contribution in [1.29, 1.82) is 0 Å². The van der Waals surface area contributed by atoms with Crippen LogP contribution in [-0.4, -0.2) is 29.7 Å². The number of aromatic nitrogens is 1. The molecule has 5 nitrogen and oxygen atoms in total. The predicted octanol–water partition coefficient (Wildman–Crippen LogP) is 1.38. The maximum absolute atomic E-state index is 11.1. The summed E-state index contributed by atoms with van der Waals surface area (Å²) in [5.74, 6) is -0.268. The Morgan fingerprint density at radius 1 is 1.53 bits per heavy atom. The number of H-pyrrole nitrogens is 1. The first-order valence-corrected chi connectivity index (χ1v) is 5.29. The fourth-order valence-electron chi connectivity index (χ4n) is 1.94. The topological polar surface area (TPSA) is 88.3 Å². The first-order chi connectivity index (χ1) is 8.17. The van der Waals surface area contributed by atoms with Gasteiger partial charge in [-0.05, 0) is 36.7 Å². The number of carbonyl (C=O) groups is 1. The van der Waals surface area contributed by atoms with E-state index in [1.54, 1.807) is 19.2 Å². The minimum atomic E-state index is -0.969. The van der Waals surface area contributed by atoms with Gasteiger partial charge in [0.2, 0.25) is 0 Å². The molecule has 1 aromatic heterocycles. The van der Waals surface area contributed by atoms with Crippen molar-refractivity contribution in [3.63, 3.8) is 0 Å². The summed E-state index contributed by atoms with van der Waals surface area (Å²) in [5, 5.41) is 9.97. The maximum atomic E-state index is 11.1. The lowest BCUT2D eigenvalue weighted by Crippen LogP contribution is -2.07. The third kappa shape index (κ3) is 1.97. The molecule has 4 N–H and O–H groups in total. The van der Waals surface area contributed by atoms with Gasteiger partial charge in [-0.15, -0.1) is 0 Å². The Bertz CT molecular complexity index is 560. The van der Waals surface area contributed by atoms with Crippen LogP contribution in [0.3, 0.4) is 0 Å². The fraction of sp³-hybridized carbons (Fsp3) is 0.250. The van der Waals surface area contributed by atoms with Crippen LogP contribution in [0.4, 0.5) is 0 Å². The van der Waals surface area contributed by atoms with E-state index in [0.29, 0.717) is 18.7 Å². The number of carboxylic acid groups (broad SMARTS) is 1. The molecule has 0 saturated heterocycles. The van der Waals surface area contributed by atoms with Crippen LogP contribution in [0, 0.1) is 0 Å². The fourth-order valence-corrected chi connectivity index (χ4v) is 1.94. The van der Waals surface area contributed by atoms with Crippen LogP contribution < -0.4 is 10.5 Å². The first-order valence-electron chi connectivity index (χ1n) is 5.29. The number of rotatable bonds is 4. The monoisotopic (exact) mass is 234 g/mol. The van der Waals surface area contributed by atoms with E-state index in [0.717, 1.165) is 16.5 Å². The van der Waals surface area contributed by atoms with Crippen molar-refractivity contribution in [3.05, 3.63) is 29.5 Å².